The Hall–Kier alpha value is -1.65. The van der Waals surface area contributed by atoms with Gasteiger partial charge in [-0.2, -0.15) is 4.79 Å². The molecule has 1 atom stereocenters. The summed E-state index contributed by atoms with van der Waals surface area (Å²) < 4.78 is -0.532. The molecule has 0 fully saturated rings. The van der Waals surface area contributed by atoms with Gasteiger partial charge in [0.05, 0.1) is 0 Å². The van der Waals surface area contributed by atoms with Crippen LogP contribution >= 0.6 is 0 Å². The number of quaternary nitrogens is 1. The third-order valence-corrected chi connectivity index (χ3v) is 2.44. The predicted octanol–water partition coefficient (Wildman–Crippen LogP) is 1.61. The number of hydrogen-bond donors (Lipinski definition) is 2. The summed E-state index contributed by atoms with van der Waals surface area (Å²) in [6.45, 7) is -0.469. The molecule has 72 valence electrons. The Morgan fingerprint density at radius 3 is 2.71 bits per heavy atom. The molecule has 0 aliphatic carbocycles. The minimum atomic E-state index is -1.08. The average molecular weight is 192 g/mol. The fourth-order valence-electron chi connectivity index (χ4n) is 1.63. The van der Waals surface area contributed by atoms with Gasteiger partial charge in [-0.3, -0.25) is 0 Å². The third-order valence-electron chi connectivity index (χ3n) is 2.44. The number of amides is 1. The van der Waals surface area contributed by atoms with E-state index in [2.05, 4.69) is 0 Å². The van der Waals surface area contributed by atoms with E-state index in [1.807, 2.05) is 12.1 Å². The minimum absolute atomic E-state index is 0.469. The Balaban J connectivity index is 2.61. The van der Waals surface area contributed by atoms with Gasteiger partial charge < -0.3 is 10.2 Å². The molecule has 4 nitrogen and oxygen atoms in total. The lowest BCUT2D eigenvalue weighted by Gasteiger charge is -2.22. The van der Waals surface area contributed by atoms with Crippen molar-refractivity contribution in [2.24, 2.45) is 0 Å². The summed E-state index contributed by atoms with van der Waals surface area (Å²) in [6, 6.07) is 7.13. The highest BCUT2D eigenvalue weighted by Crippen LogP contribution is 2.34. The van der Waals surface area contributed by atoms with Crippen LogP contribution in [0.4, 0.5) is 10.5 Å². The summed E-state index contributed by atoms with van der Waals surface area (Å²) in [6.07, 6.45) is 2.11. The monoisotopic (exact) mass is 192 g/mol. The van der Waals surface area contributed by atoms with Crippen LogP contribution in [0, 0.1) is 0 Å². The summed E-state index contributed by atoms with van der Waals surface area (Å²) in [5, 5.41) is 18.2. The lowest BCUT2D eigenvalue weighted by atomic mass is 10.2. The van der Waals surface area contributed by atoms with Gasteiger partial charge in [0.2, 0.25) is 0 Å². The lowest BCUT2D eigenvalue weighted by molar-refractivity contribution is 0.119. The largest absolute Gasteiger partial charge is 0.525 e. The summed E-state index contributed by atoms with van der Waals surface area (Å²) in [5.41, 5.74) is 1.44. The van der Waals surface area contributed by atoms with Gasteiger partial charge >= 0.3 is 6.09 Å². The number of fused-ring (bicyclic) bond motifs is 1. The number of aliphatic hydroxyl groups is 1. The van der Waals surface area contributed by atoms with E-state index < -0.39 is 17.3 Å². The van der Waals surface area contributed by atoms with Crippen molar-refractivity contribution in [2.45, 2.75) is 0 Å². The predicted molar refractivity (Wildman–Crippen MR) is 52.4 cm³/mol. The number of rotatable bonds is 1. The second kappa shape index (κ2) is 2.94. The minimum Gasteiger partial charge on any atom is -0.435 e. The number of carboxylic acid groups (broad SMARTS) is 1. The number of para-hydroxylation sites is 1. The van der Waals surface area contributed by atoms with Crippen molar-refractivity contribution >= 4 is 17.9 Å². The fraction of sp³-hybridized carbons (Fsp3) is 0.100. The smallest absolute Gasteiger partial charge is 0.435 e. The van der Waals surface area contributed by atoms with Gasteiger partial charge in [-0.1, -0.05) is 12.1 Å². The number of nitrogens with zero attached hydrogens (tertiary/aromatic N) is 1. The van der Waals surface area contributed by atoms with E-state index in [0.29, 0.717) is 5.69 Å². The van der Waals surface area contributed by atoms with Gasteiger partial charge in [0.1, 0.15) is 6.20 Å². The second-order valence-corrected chi connectivity index (χ2v) is 3.17. The van der Waals surface area contributed by atoms with Crippen LogP contribution in [0.25, 0.3) is 6.08 Å². The van der Waals surface area contributed by atoms with E-state index in [1.165, 1.54) is 6.20 Å². The quantitative estimate of drug-likeness (QED) is 0.664. The summed E-state index contributed by atoms with van der Waals surface area (Å²) >= 11 is 0. The Morgan fingerprint density at radius 2 is 2.07 bits per heavy atom. The molecule has 2 N–H and O–H groups in total. The molecule has 1 aliphatic heterocycles. The first-order chi connectivity index (χ1) is 6.70. The van der Waals surface area contributed by atoms with Crippen molar-refractivity contribution < 1.29 is 15.0 Å². The first-order valence-electron chi connectivity index (χ1n) is 4.21. The molecule has 1 aromatic rings. The van der Waals surface area contributed by atoms with Crippen LogP contribution in [0.3, 0.4) is 0 Å². The molecule has 14 heavy (non-hydrogen) atoms. The SMILES string of the molecule is O=C(O)[N+]1(CO)C=Cc2ccccc21. The maximum Gasteiger partial charge on any atom is 0.525 e. The van der Waals surface area contributed by atoms with Crippen LogP contribution in [0.2, 0.25) is 0 Å². The normalized spacial score (nSPS) is 23.5. The molecule has 0 saturated heterocycles. The first-order valence-corrected chi connectivity index (χ1v) is 4.21. The van der Waals surface area contributed by atoms with Gasteiger partial charge in [0.25, 0.3) is 0 Å². The molecular weight excluding hydrogens is 182 g/mol. The first kappa shape index (κ1) is 8.93. The van der Waals surface area contributed by atoms with E-state index in [4.69, 9.17) is 5.11 Å². The highest BCUT2D eigenvalue weighted by atomic mass is 16.4. The topological polar surface area (TPSA) is 57.5 Å². The van der Waals surface area contributed by atoms with Crippen LogP contribution in [0.1, 0.15) is 5.56 Å². The van der Waals surface area contributed by atoms with Crippen molar-refractivity contribution in [3.63, 3.8) is 0 Å². The molecular formula is C10H10NO3+. The molecule has 2 rings (SSSR count). The molecule has 0 aromatic heterocycles. The van der Waals surface area contributed by atoms with Gasteiger partial charge in [0, 0.05) is 17.7 Å². The average Bonchev–Trinajstić information content (AvgIpc) is 2.57. The van der Waals surface area contributed by atoms with Crippen molar-refractivity contribution in [2.75, 3.05) is 6.73 Å². The number of benzene rings is 1. The molecule has 1 unspecified atom stereocenters. The van der Waals surface area contributed by atoms with Crippen LogP contribution in [-0.2, 0) is 0 Å². The van der Waals surface area contributed by atoms with Crippen LogP contribution in [0.15, 0.2) is 30.5 Å². The molecule has 0 spiro atoms. The van der Waals surface area contributed by atoms with E-state index in [1.54, 1.807) is 18.2 Å². The Morgan fingerprint density at radius 1 is 1.36 bits per heavy atom. The fourth-order valence-corrected chi connectivity index (χ4v) is 1.63. The van der Waals surface area contributed by atoms with Gasteiger partial charge in [-0.25, -0.2) is 0 Å². The van der Waals surface area contributed by atoms with Crippen LogP contribution < -0.4 is 4.48 Å². The molecule has 0 bridgehead atoms. The molecule has 1 heterocycles. The number of aliphatic hydroxyl groups excluding tert-OH is 1. The lowest BCUT2D eigenvalue weighted by Crippen LogP contribution is -2.48. The zero-order valence-corrected chi connectivity index (χ0v) is 7.42. The van der Waals surface area contributed by atoms with Crippen molar-refractivity contribution in [3.8, 4) is 0 Å². The standard InChI is InChI=1S/C10H9NO3/c12-7-11(10(13)14)6-5-8-3-1-2-4-9(8)11/h1-6,12H,7H2/p+1. The second-order valence-electron chi connectivity index (χ2n) is 3.17. The highest BCUT2D eigenvalue weighted by molar-refractivity contribution is 5.90. The number of carbonyl (C=O) groups is 1. The zero-order valence-electron chi connectivity index (χ0n) is 7.42. The highest BCUT2D eigenvalue weighted by Gasteiger charge is 2.41. The van der Waals surface area contributed by atoms with Crippen molar-refractivity contribution in [1.29, 1.82) is 0 Å². The Bertz CT molecular complexity index is 414. The maximum atomic E-state index is 11.1. The van der Waals surface area contributed by atoms with E-state index >= 15 is 0 Å². The van der Waals surface area contributed by atoms with Gasteiger partial charge in [-0.15, -0.1) is 4.48 Å². The summed E-state index contributed by atoms with van der Waals surface area (Å²) in [5.74, 6) is 0. The van der Waals surface area contributed by atoms with Crippen molar-refractivity contribution in [3.05, 3.63) is 36.0 Å². The molecule has 1 aromatic carbocycles. The summed E-state index contributed by atoms with van der Waals surface area (Å²) in [7, 11) is 0. The van der Waals surface area contributed by atoms with Gasteiger partial charge in [0.15, 0.2) is 12.4 Å². The molecule has 0 saturated carbocycles. The van der Waals surface area contributed by atoms with Crippen molar-refractivity contribution in [1.82, 2.24) is 4.48 Å². The van der Waals surface area contributed by atoms with Gasteiger partial charge in [-0.05, 0) is 6.07 Å². The van der Waals surface area contributed by atoms with E-state index in [9.17, 15) is 9.90 Å². The maximum absolute atomic E-state index is 11.1. The number of hydrogen-bond acceptors (Lipinski definition) is 2. The Kier molecular flexibility index (Phi) is 1.87. The molecule has 1 amide bonds. The Labute approximate surface area is 80.9 Å². The van der Waals surface area contributed by atoms with E-state index in [0.717, 1.165) is 5.56 Å². The zero-order chi connectivity index (χ0) is 10.2. The molecule has 1 aliphatic rings. The molecule has 0 radical (unpaired) electrons. The van der Waals surface area contributed by atoms with Crippen LogP contribution in [-0.4, -0.2) is 23.0 Å². The van der Waals surface area contributed by atoms with Crippen LogP contribution in [0.5, 0.6) is 0 Å². The summed E-state index contributed by atoms with van der Waals surface area (Å²) in [4.78, 5) is 11.1. The molecule has 4 heteroatoms. The van der Waals surface area contributed by atoms with E-state index in [-0.39, 0.29) is 0 Å². The third kappa shape index (κ3) is 0.982.